The van der Waals surface area contributed by atoms with Gasteiger partial charge < -0.3 is 0 Å². The number of hydrogen-bond donors (Lipinski definition) is 0. The zero-order valence-corrected chi connectivity index (χ0v) is 15.0. The maximum atomic E-state index is 11.8. The fraction of sp³-hybridized carbons (Fsp3) is 0.143. The first kappa shape index (κ1) is 16.6. The van der Waals surface area contributed by atoms with Gasteiger partial charge >= 0.3 is 0 Å². The highest BCUT2D eigenvalue weighted by atomic mass is 79.9. The summed E-state index contributed by atoms with van der Waals surface area (Å²) >= 11 is 3.19. The second-order valence-corrected chi connectivity index (χ2v) is 6.25. The first-order valence-corrected chi connectivity index (χ1v) is 9.01. The van der Waals surface area contributed by atoms with Gasteiger partial charge in [0, 0.05) is 17.5 Å². The fourth-order valence-corrected chi connectivity index (χ4v) is 3.05. The van der Waals surface area contributed by atoms with E-state index in [1.165, 1.54) is 0 Å². The molecule has 3 heteroatoms. The lowest BCUT2D eigenvalue weighted by Gasteiger charge is -2.07. The molecule has 0 saturated heterocycles. The van der Waals surface area contributed by atoms with E-state index in [0.29, 0.717) is 17.3 Å². The molecule has 0 spiro atoms. The second kappa shape index (κ2) is 7.10. The third kappa shape index (κ3) is 3.31. The van der Waals surface area contributed by atoms with Crippen molar-refractivity contribution in [3.8, 4) is 11.1 Å². The summed E-state index contributed by atoms with van der Waals surface area (Å²) in [4.78, 5) is 23.5. The summed E-state index contributed by atoms with van der Waals surface area (Å²) in [5.41, 5.74) is 3.63. The zero-order valence-electron chi connectivity index (χ0n) is 13.4. The quantitative estimate of drug-likeness (QED) is 0.421. The van der Waals surface area contributed by atoms with Crippen molar-refractivity contribution in [2.75, 3.05) is 5.33 Å². The predicted octanol–water partition coefficient (Wildman–Crippen LogP) is 5.68. The number of alkyl halides is 1. The van der Waals surface area contributed by atoms with Gasteiger partial charge in [0.25, 0.3) is 0 Å². The van der Waals surface area contributed by atoms with E-state index in [0.717, 1.165) is 27.5 Å². The Balaban J connectivity index is 1.96. The van der Waals surface area contributed by atoms with Crippen LogP contribution in [0.5, 0.6) is 0 Å². The molecule has 0 amide bonds. The van der Waals surface area contributed by atoms with E-state index in [1.54, 1.807) is 0 Å². The highest BCUT2D eigenvalue weighted by Crippen LogP contribution is 2.26. The maximum Gasteiger partial charge on any atom is 0.173 e. The van der Waals surface area contributed by atoms with Gasteiger partial charge in [0.1, 0.15) is 0 Å². The van der Waals surface area contributed by atoms with Crippen LogP contribution in [0.1, 0.15) is 34.1 Å². The Labute approximate surface area is 149 Å². The standard InChI is InChI=1S/C21H17BrO2/c1-2-20(23)19-10-9-17-11-16(7-8-18(17)12-19)14-3-5-15(6-4-14)21(24)13-22/h3-12H,2,13H2,1H3. The van der Waals surface area contributed by atoms with Crippen LogP contribution in [-0.4, -0.2) is 16.9 Å². The van der Waals surface area contributed by atoms with Crippen molar-refractivity contribution < 1.29 is 9.59 Å². The van der Waals surface area contributed by atoms with Gasteiger partial charge in [-0.15, -0.1) is 0 Å². The molecule has 0 heterocycles. The molecule has 0 aromatic heterocycles. The number of rotatable bonds is 5. The maximum absolute atomic E-state index is 11.8. The van der Waals surface area contributed by atoms with Crippen molar-refractivity contribution >= 4 is 38.3 Å². The van der Waals surface area contributed by atoms with Crippen molar-refractivity contribution in [2.24, 2.45) is 0 Å². The summed E-state index contributed by atoms with van der Waals surface area (Å²) < 4.78 is 0. The largest absolute Gasteiger partial charge is 0.294 e. The molecule has 0 unspecified atom stereocenters. The molecule has 0 fully saturated rings. The number of halogens is 1. The molecule has 0 radical (unpaired) electrons. The molecule has 3 rings (SSSR count). The lowest BCUT2D eigenvalue weighted by Crippen LogP contribution is -1.99. The van der Waals surface area contributed by atoms with Crippen LogP contribution in [0.25, 0.3) is 21.9 Å². The minimum atomic E-state index is 0.0770. The molecule has 0 atom stereocenters. The van der Waals surface area contributed by atoms with Crippen LogP contribution < -0.4 is 0 Å². The third-order valence-electron chi connectivity index (χ3n) is 4.14. The number of benzene rings is 3. The summed E-state index contributed by atoms with van der Waals surface area (Å²) in [5, 5.41) is 2.49. The Morgan fingerprint density at radius 1 is 0.750 bits per heavy atom. The van der Waals surface area contributed by atoms with Crippen LogP contribution in [0, 0.1) is 0 Å². The van der Waals surface area contributed by atoms with Crippen LogP contribution in [0.4, 0.5) is 0 Å². The van der Waals surface area contributed by atoms with Crippen LogP contribution >= 0.6 is 15.9 Å². The summed E-state index contributed by atoms with van der Waals surface area (Å²) in [7, 11) is 0. The first-order chi connectivity index (χ1) is 11.6. The zero-order chi connectivity index (χ0) is 17.1. The van der Waals surface area contributed by atoms with Gasteiger partial charge in [0.05, 0.1) is 5.33 Å². The van der Waals surface area contributed by atoms with Crippen molar-refractivity contribution in [1.29, 1.82) is 0 Å². The Hall–Kier alpha value is -2.26. The monoisotopic (exact) mass is 380 g/mol. The van der Waals surface area contributed by atoms with Gasteiger partial charge in [-0.25, -0.2) is 0 Å². The van der Waals surface area contributed by atoms with Crippen LogP contribution in [-0.2, 0) is 0 Å². The van der Waals surface area contributed by atoms with Crippen molar-refractivity contribution in [3.63, 3.8) is 0 Å². The molecule has 0 N–H and O–H groups in total. The number of Topliss-reactive ketones (excluding diaryl/α,β-unsaturated/α-hetero) is 2. The second-order valence-electron chi connectivity index (χ2n) is 5.69. The van der Waals surface area contributed by atoms with Gasteiger partial charge in [-0.05, 0) is 34.0 Å². The van der Waals surface area contributed by atoms with Gasteiger partial charge in [0.2, 0.25) is 0 Å². The number of carbonyl (C=O) groups is 2. The molecule has 2 nitrogen and oxygen atoms in total. The Morgan fingerprint density at radius 3 is 2.00 bits per heavy atom. The molecule has 0 bridgehead atoms. The van der Waals surface area contributed by atoms with Gasteiger partial charge in [-0.3, -0.25) is 9.59 Å². The van der Waals surface area contributed by atoms with E-state index in [-0.39, 0.29) is 11.6 Å². The molecule has 0 aliphatic carbocycles. The molecular formula is C21H17BrO2. The highest BCUT2D eigenvalue weighted by Gasteiger charge is 2.07. The van der Waals surface area contributed by atoms with E-state index < -0.39 is 0 Å². The Bertz CT molecular complexity index is 911. The van der Waals surface area contributed by atoms with Crippen molar-refractivity contribution in [1.82, 2.24) is 0 Å². The lowest BCUT2D eigenvalue weighted by atomic mass is 9.98. The fourth-order valence-electron chi connectivity index (χ4n) is 2.73. The van der Waals surface area contributed by atoms with Crippen molar-refractivity contribution in [2.45, 2.75) is 13.3 Å². The molecule has 0 aliphatic heterocycles. The van der Waals surface area contributed by atoms with Gasteiger partial charge in [-0.2, -0.15) is 0 Å². The molecule has 0 aliphatic rings. The van der Waals surface area contributed by atoms with Crippen molar-refractivity contribution in [3.05, 3.63) is 71.8 Å². The van der Waals surface area contributed by atoms with Crippen LogP contribution in [0.3, 0.4) is 0 Å². The van der Waals surface area contributed by atoms with Gasteiger partial charge in [-0.1, -0.05) is 71.4 Å². The number of ketones is 2. The van der Waals surface area contributed by atoms with Crippen LogP contribution in [0.2, 0.25) is 0 Å². The highest BCUT2D eigenvalue weighted by molar-refractivity contribution is 9.09. The minimum Gasteiger partial charge on any atom is -0.294 e. The average molecular weight is 381 g/mol. The molecular weight excluding hydrogens is 364 g/mol. The van der Waals surface area contributed by atoms with Gasteiger partial charge in [0.15, 0.2) is 11.6 Å². The summed E-state index contributed by atoms with van der Waals surface area (Å²) in [6.07, 6.45) is 0.517. The molecule has 3 aromatic rings. The summed E-state index contributed by atoms with van der Waals surface area (Å²) in [5.74, 6) is 0.237. The topological polar surface area (TPSA) is 34.1 Å². The Morgan fingerprint density at radius 2 is 1.33 bits per heavy atom. The Kier molecular flexibility index (Phi) is 4.91. The van der Waals surface area contributed by atoms with E-state index in [9.17, 15) is 9.59 Å². The molecule has 120 valence electrons. The normalized spacial score (nSPS) is 10.8. The smallest absolute Gasteiger partial charge is 0.173 e. The van der Waals surface area contributed by atoms with E-state index in [2.05, 4.69) is 22.0 Å². The number of carbonyl (C=O) groups excluding carboxylic acids is 2. The SMILES string of the molecule is CCC(=O)c1ccc2cc(-c3ccc(C(=O)CBr)cc3)ccc2c1. The van der Waals surface area contributed by atoms with E-state index in [4.69, 9.17) is 0 Å². The summed E-state index contributed by atoms with van der Waals surface area (Å²) in [6.45, 7) is 1.87. The molecule has 3 aromatic carbocycles. The predicted molar refractivity (Wildman–Crippen MR) is 102 cm³/mol. The molecule has 24 heavy (non-hydrogen) atoms. The third-order valence-corrected chi connectivity index (χ3v) is 4.65. The van der Waals surface area contributed by atoms with E-state index in [1.807, 2.05) is 61.5 Å². The average Bonchev–Trinajstić information content (AvgIpc) is 2.66. The minimum absolute atomic E-state index is 0.0770. The number of hydrogen-bond acceptors (Lipinski definition) is 2. The number of fused-ring (bicyclic) bond motifs is 1. The summed E-state index contributed by atoms with van der Waals surface area (Å²) in [6, 6.07) is 19.6. The lowest BCUT2D eigenvalue weighted by molar-refractivity contribution is 0.0986. The molecule has 0 saturated carbocycles. The van der Waals surface area contributed by atoms with E-state index >= 15 is 0 Å². The first-order valence-electron chi connectivity index (χ1n) is 7.89. The van der Waals surface area contributed by atoms with Crippen LogP contribution in [0.15, 0.2) is 60.7 Å².